The number of benzene rings is 1. The number of carbonyl (C=O) groups excluding carboxylic acids is 2. The zero-order valence-electron chi connectivity index (χ0n) is 17.8. The minimum Gasteiger partial charge on any atom is -0.368 e. The molecule has 4 rings (SSSR count). The number of rotatable bonds is 6. The van der Waals surface area contributed by atoms with Gasteiger partial charge in [0.05, 0.1) is 5.56 Å². The van der Waals surface area contributed by atoms with E-state index in [1.54, 1.807) is 6.92 Å². The Balaban J connectivity index is 1.43. The van der Waals surface area contributed by atoms with Crippen molar-refractivity contribution in [1.82, 2.24) is 14.9 Å². The quantitative estimate of drug-likeness (QED) is 0.653. The molecule has 2 fully saturated rings. The predicted octanol–water partition coefficient (Wildman–Crippen LogP) is 2.34. The maximum atomic E-state index is 11.8. The molecule has 9 nitrogen and oxygen atoms in total. The lowest BCUT2D eigenvalue weighted by molar-refractivity contribution is -0.129. The molecule has 0 radical (unpaired) electrons. The molecule has 0 bridgehead atoms. The van der Waals surface area contributed by atoms with Crippen molar-refractivity contribution >= 4 is 35.0 Å². The summed E-state index contributed by atoms with van der Waals surface area (Å²) in [6.07, 6.45) is 5.95. The monoisotopic (exact) mass is 423 g/mol. The van der Waals surface area contributed by atoms with Gasteiger partial charge in [-0.25, -0.2) is 4.98 Å². The van der Waals surface area contributed by atoms with Gasteiger partial charge in [-0.1, -0.05) is 12.8 Å². The third-order valence-corrected chi connectivity index (χ3v) is 5.96. The molecule has 0 unspecified atom stereocenters. The second-order valence-electron chi connectivity index (χ2n) is 8.11. The van der Waals surface area contributed by atoms with Crippen LogP contribution in [0.5, 0.6) is 0 Å². The highest BCUT2D eigenvalue weighted by Gasteiger charge is 2.20. The Morgan fingerprint density at radius 2 is 1.74 bits per heavy atom. The molecule has 0 spiro atoms. The first-order valence-corrected chi connectivity index (χ1v) is 10.8. The average molecular weight is 424 g/mol. The third kappa shape index (κ3) is 5.04. The molecule has 2 aromatic rings. The van der Waals surface area contributed by atoms with Crippen molar-refractivity contribution in [2.45, 2.75) is 38.6 Å². The van der Waals surface area contributed by atoms with Crippen LogP contribution < -0.4 is 21.3 Å². The molecule has 2 heterocycles. The van der Waals surface area contributed by atoms with Crippen molar-refractivity contribution in [3.05, 3.63) is 36.0 Å². The summed E-state index contributed by atoms with van der Waals surface area (Å²) in [5, 5.41) is 6.56. The van der Waals surface area contributed by atoms with E-state index in [0.717, 1.165) is 50.4 Å². The summed E-state index contributed by atoms with van der Waals surface area (Å²) in [7, 11) is 0. The number of nitrogens with one attached hydrogen (secondary N) is 2. The number of primary amides is 1. The van der Waals surface area contributed by atoms with E-state index in [-0.39, 0.29) is 5.91 Å². The first-order valence-electron chi connectivity index (χ1n) is 10.8. The van der Waals surface area contributed by atoms with Crippen LogP contribution in [0.3, 0.4) is 0 Å². The first-order chi connectivity index (χ1) is 15.0. The molecule has 1 aliphatic heterocycles. The van der Waals surface area contributed by atoms with Crippen LogP contribution in [0.25, 0.3) is 0 Å². The van der Waals surface area contributed by atoms with Gasteiger partial charge in [-0.2, -0.15) is 4.98 Å². The maximum Gasteiger partial charge on any atom is 0.254 e. The van der Waals surface area contributed by atoms with Gasteiger partial charge >= 0.3 is 0 Å². The van der Waals surface area contributed by atoms with Crippen molar-refractivity contribution < 1.29 is 9.59 Å². The minimum absolute atomic E-state index is 0.128. The van der Waals surface area contributed by atoms with E-state index < -0.39 is 5.91 Å². The lowest BCUT2D eigenvalue weighted by Crippen LogP contribution is -2.48. The number of hydrogen-bond acceptors (Lipinski definition) is 7. The molecule has 1 aliphatic carbocycles. The van der Waals surface area contributed by atoms with E-state index >= 15 is 0 Å². The van der Waals surface area contributed by atoms with E-state index in [4.69, 9.17) is 5.73 Å². The number of anilines is 4. The molecule has 4 N–H and O–H groups in total. The number of carbonyl (C=O) groups is 2. The summed E-state index contributed by atoms with van der Waals surface area (Å²) in [5.74, 6) is 0.481. The lowest BCUT2D eigenvalue weighted by Gasteiger charge is -2.35. The Bertz CT molecular complexity index is 933. The third-order valence-electron chi connectivity index (χ3n) is 5.96. The first kappa shape index (κ1) is 20.9. The Hall–Kier alpha value is -3.36. The molecule has 2 amide bonds. The summed E-state index contributed by atoms with van der Waals surface area (Å²) in [4.78, 5) is 36.2. The number of nitrogens with two attached hydrogens (primary N) is 1. The molecule has 2 aliphatic rings. The van der Waals surface area contributed by atoms with Gasteiger partial charge in [0.25, 0.3) is 5.91 Å². The van der Waals surface area contributed by atoms with Crippen LogP contribution in [0.15, 0.2) is 30.5 Å². The summed E-state index contributed by atoms with van der Waals surface area (Å²) >= 11 is 0. The van der Waals surface area contributed by atoms with Crippen LogP contribution in [0, 0.1) is 0 Å². The fraction of sp³-hybridized carbons (Fsp3) is 0.455. The van der Waals surface area contributed by atoms with Crippen LogP contribution in [0.1, 0.15) is 43.0 Å². The van der Waals surface area contributed by atoms with Gasteiger partial charge in [0.2, 0.25) is 11.9 Å². The van der Waals surface area contributed by atoms with Crippen LogP contribution >= 0.6 is 0 Å². The van der Waals surface area contributed by atoms with E-state index in [1.807, 2.05) is 29.2 Å². The van der Waals surface area contributed by atoms with Crippen LogP contribution in [-0.4, -0.2) is 58.9 Å². The van der Waals surface area contributed by atoms with Crippen LogP contribution in [0.4, 0.5) is 23.1 Å². The second-order valence-corrected chi connectivity index (χ2v) is 8.11. The van der Waals surface area contributed by atoms with Crippen molar-refractivity contribution in [2.24, 2.45) is 5.73 Å². The summed E-state index contributed by atoms with van der Waals surface area (Å²) in [5.41, 5.74) is 7.77. The summed E-state index contributed by atoms with van der Waals surface area (Å²) < 4.78 is 0. The van der Waals surface area contributed by atoms with Crippen LogP contribution in [-0.2, 0) is 4.79 Å². The van der Waals surface area contributed by atoms with Gasteiger partial charge in [-0.3, -0.25) is 9.59 Å². The SMILES string of the molecule is CC(=O)N1CCN(c2ccc(Nc3ncc(C(N)=O)c(NC4CCCC4)n3)cc2)CC1. The Labute approximate surface area is 182 Å². The topological polar surface area (TPSA) is 116 Å². The normalized spacial score (nSPS) is 16.9. The fourth-order valence-electron chi connectivity index (χ4n) is 4.16. The molecule has 1 aromatic heterocycles. The average Bonchev–Trinajstić information content (AvgIpc) is 3.27. The number of piperazine rings is 1. The minimum atomic E-state index is -0.540. The Kier molecular flexibility index (Phi) is 6.20. The standard InChI is InChI=1S/C22H29N7O2/c1-15(30)28-10-12-29(13-11-28)18-8-6-17(7-9-18)26-22-24-14-19(20(23)31)21(27-22)25-16-4-2-3-5-16/h6-9,14,16H,2-5,10-13H2,1H3,(H2,23,31)(H2,24,25,26,27). The largest absolute Gasteiger partial charge is 0.368 e. The van der Waals surface area contributed by atoms with Gasteiger partial charge < -0.3 is 26.2 Å². The second kappa shape index (κ2) is 9.20. The van der Waals surface area contributed by atoms with Gasteiger partial charge in [-0.15, -0.1) is 0 Å². The Morgan fingerprint density at radius 1 is 1.06 bits per heavy atom. The smallest absolute Gasteiger partial charge is 0.254 e. The fourth-order valence-corrected chi connectivity index (χ4v) is 4.16. The molecule has 0 atom stereocenters. The zero-order chi connectivity index (χ0) is 21.8. The molecular weight excluding hydrogens is 394 g/mol. The molecule has 1 saturated carbocycles. The van der Waals surface area contributed by atoms with E-state index in [9.17, 15) is 9.59 Å². The molecule has 9 heteroatoms. The molecule has 31 heavy (non-hydrogen) atoms. The van der Waals surface area contributed by atoms with E-state index in [1.165, 1.54) is 19.0 Å². The highest BCUT2D eigenvalue weighted by atomic mass is 16.2. The molecule has 1 saturated heterocycles. The summed E-state index contributed by atoms with van der Waals surface area (Å²) in [6.45, 7) is 4.74. The van der Waals surface area contributed by atoms with E-state index in [0.29, 0.717) is 23.4 Å². The summed E-state index contributed by atoms with van der Waals surface area (Å²) in [6, 6.07) is 8.34. The van der Waals surface area contributed by atoms with Gasteiger partial charge in [0, 0.05) is 56.7 Å². The van der Waals surface area contributed by atoms with Gasteiger partial charge in [0.15, 0.2) is 0 Å². The van der Waals surface area contributed by atoms with Crippen molar-refractivity contribution in [3.63, 3.8) is 0 Å². The van der Waals surface area contributed by atoms with Crippen molar-refractivity contribution in [2.75, 3.05) is 41.7 Å². The number of nitrogens with zero attached hydrogens (tertiary/aromatic N) is 4. The highest BCUT2D eigenvalue weighted by Crippen LogP contribution is 2.25. The maximum absolute atomic E-state index is 11.8. The van der Waals surface area contributed by atoms with Crippen molar-refractivity contribution in [3.8, 4) is 0 Å². The zero-order valence-corrected chi connectivity index (χ0v) is 17.8. The highest BCUT2D eigenvalue weighted by molar-refractivity contribution is 5.97. The number of hydrogen-bond donors (Lipinski definition) is 3. The van der Waals surface area contributed by atoms with Gasteiger partial charge in [-0.05, 0) is 37.1 Å². The molecule has 164 valence electrons. The lowest BCUT2D eigenvalue weighted by atomic mass is 10.2. The molecular formula is C22H29N7O2. The Morgan fingerprint density at radius 3 is 2.35 bits per heavy atom. The van der Waals surface area contributed by atoms with Crippen molar-refractivity contribution in [1.29, 1.82) is 0 Å². The molecule has 1 aromatic carbocycles. The van der Waals surface area contributed by atoms with Gasteiger partial charge in [0.1, 0.15) is 5.82 Å². The van der Waals surface area contributed by atoms with E-state index in [2.05, 4.69) is 25.5 Å². The number of aromatic nitrogens is 2. The predicted molar refractivity (Wildman–Crippen MR) is 121 cm³/mol. The van der Waals surface area contributed by atoms with Crippen LogP contribution in [0.2, 0.25) is 0 Å². The number of amides is 2.